The molecule has 3 heteroatoms. The first kappa shape index (κ1) is 15.3. The predicted octanol–water partition coefficient (Wildman–Crippen LogP) is 4.93. The average Bonchev–Trinajstić information content (AvgIpc) is 2.67. The Morgan fingerprint density at radius 1 is 0.840 bits per heavy atom. The Balaban J connectivity index is 1.55. The van der Waals surface area contributed by atoms with Gasteiger partial charge in [-0.15, -0.1) is 0 Å². The molecule has 4 rings (SSSR count). The molecule has 1 heterocycles. The normalized spacial score (nSPS) is 10.9. The highest BCUT2D eigenvalue weighted by Crippen LogP contribution is 2.28. The molecule has 0 amide bonds. The Hall–Kier alpha value is -3.20. The topological polar surface area (TPSA) is 39.2 Å². The Bertz CT molecular complexity index is 1040. The van der Waals surface area contributed by atoms with E-state index in [1.54, 1.807) is 12.4 Å². The standard InChI is InChI=1S/C22H17NO2/c24-22(10-5-16-11-13-23-14-12-16)25-19-9-8-18-7-6-17-3-1-2-4-20(17)21(18)15-19/h1-4,6-9,11-15H,5,10H2. The van der Waals surface area contributed by atoms with Gasteiger partial charge in [-0.2, -0.15) is 0 Å². The maximum atomic E-state index is 12.1. The molecular weight excluding hydrogens is 310 g/mol. The van der Waals surface area contributed by atoms with Crippen LogP contribution in [0, 0.1) is 0 Å². The minimum Gasteiger partial charge on any atom is -0.426 e. The van der Waals surface area contributed by atoms with Gasteiger partial charge in [0.2, 0.25) is 0 Å². The van der Waals surface area contributed by atoms with Gasteiger partial charge in [0.25, 0.3) is 0 Å². The van der Waals surface area contributed by atoms with Gasteiger partial charge in [0, 0.05) is 18.8 Å². The van der Waals surface area contributed by atoms with Crippen molar-refractivity contribution in [2.24, 2.45) is 0 Å². The number of hydrogen-bond donors (Lipinski definition) is 0. The summed E-state index contributed by atoms with van der Waals surface area (Å²) < 4.78 is 5.54. The van der Waals surface area contributed by atoms with Crippen LogP contribution in [0.5, 0.6) is 5.75 Å². The molecule has 0 spiro atoms. The third kappa shape index (κ3) is 3.36. The summed E-state index contributed by atoms with van der Waals surface area (Å²) in [4.78, 5) is 16.1. The van der Waals surface area contributed by atoms with Gasteiger partial charge in [-0.1, -0.05) is 42.5 Å². The molecule has 3 nitrogen and oxygen atoms in total. The smallest absolute Gasteiger partial charge is 0.311 e. The molecule has 4 aromatic rings. The van der Waals surface area contributed by atoms with E-state index in [2.05, 4.69) is 29.2 Å². The number of aromatic nitrogens is 1. The van der Waals surface area contributed by atoms with Crippen molar-refractivity contribution in [3.63, 3.8) is 0 Å². The maximum Gasteiger partial charge on any atom is 0.311 e. The molecule has 25 heavy (non-hydrogen) atoms. The van der Waals surface area contributed by atoms with Gasteiger partial charge in [0.1, 0.15) is 5.75 Å². The lowest BCUT2D eigenvalue weighted by Gasteiger charge is -2.08. The molecule has 0 aliphatic rings. The predicted molar refractivity (Wildman–Crippen MR) is 99.6 cm³/mol. The number of aryl methyl sites for hydroxylation is 1. The van der Waals surface area contributed by atoms with E-state index in [1.165, 1.54) is 5.39 Å². The zero-order valence-electron chi connectivity index (χ0n) is 13.7. The molecule has 0 aliphatic heterocycles. The number of ether oxygens (including phenoxy) is 1. The van der Waals surface area contributed by atoms with E-state index in [-0.39, 0.29) is 5.97 Å². The van der Waals surface area contributed by atoms with Crippen molar-refractivity contribution in [3.8, 4) is 5.75 Å². The summed E-state index contributed by atoms with van der Waals surface area (Å²) in [6, 6.07) is 22.0. The van der Waals surface area contributed by atoms with Gasteiger partial charge < -0.3 is 4.74 Å². The SMILES string of the molecule is O=C(CCc1ccncc1)Oc1ccc2ccc3ccccc3c2c1. The fourth-order valence-electron chi connectivity index (χ4n) is 3.02. The fourth-order valence-corrected chi connectivity index (χ4v) is 3.02. The van der Waals surface area contributed by atoms with Gasteiger partial charge in [-0.3, -0.25) is 9.78 Å². The number of esters is 1. The monoisotopic (exact) mass is 327 g/mol. The summed E-state index contributed by atoms with van der Waals surface area (Å²) in [5.74, 6) is 0.361. The van der Waals surface area contributed by atoms with Crippen LogP contribution in [0.4, 0.5) is 0 Å². The molecule has 122 valence electrons. The van der Waals surface area contributed by atoms with E-state index in [9.17, 15) is 4.79 Å². The van der Waals surface area contributed by atoms with E-state index in [0.717, 1.165) is 21.7 Å². The number of carbonyl (C=O) groups is 1. The Morgan fingerprint density at radius 2 is 1.56 bits per heavy atom. The van der Waals surface area contributed by atoms with Gasteiger partial charge in [-0.25, -0.2) is 0 Å². The van der Waals surface area contributed by atoms with Crippen LogP contribution in [0.2, 0.25) is 0 Å². The average molecular weight is 327 g/mol. The molecule has 0 N–H and O–H groups in total. The second-order valence-electron chi connectivity index (χ2n) is 6.00. The first-order chi connectivity index (χ1) is 12.3. The van der Waals surface area contributed by atoms with E-state index >= 15 is 0 Å². The molecule has 0 saturated carbocycles. The highest BCUT2D eigenvalue weighted by atomic mass is 16.5. The van der Waals surface area contributed by atoms with Gasteiger partial charge in [0.15, 0.2) is 0 Å². The van der Waals surface area contributed by atoms with Crippen LogP contribution in [0.1, 0.15) is 12.0 Å². The van der Waals surface area contributed by atoms with E-state index < -0.39 is 0 Å². The van der Waals surface area contributed by atoms with Gasteiger partial charge >= 0.3 is 5.97 Å². The summed E-state index contributed by atoms with van der Waals surface area (Å²) >= 11 is 0. The summed E-state index contributed by atoms with van der Waals surface area (Å²) in [6.07, 6.45) is 4.46. The minimum absolute atomic E-state index is 0.226. The minimum atomic E-state index is -0.226. The summed E-state index contributed by atoms with van der Waals surface area (Å²) in [6.45, 7) is 0. The van der Waals surface area contributed by atoms with Crippen LogP contribution < -0.4 is 4.74 Å². The summed E-state index contributed by atoms with van der Waals surface area (Å²) in [7, 11) is 0. The van der Waals surface area contributed by atoms with Crippen molar-refractivity contribution in [3.05, 3.63) is 84.7 Å². The third-order valence-electron chi connectivity index (χ3n) is 4.32. The third-order valence-corrected chi connectivity index (χ3v) is 4.32. The first-order valence-electron chi connectivity index (χ1n) is 8.31. The largest absolute Gasteiger partial charge is 0.426 e. The van der Waals surface area contributed by atoms with Crippen LogP contribution >= 0.6 is 0 Å². The van der Waals surface area contributed by atoms with E-state index in [4.69, 9.17) is 4.74 Å². The molecular formula is C22H17NO2. The summed E-state index contributed by atoms with van der Waals surface area (Å²) in [5, 5.41) is 4.57. The highest BCUT2D eigenvalue weighted by molar-refractivity contribution is 6.07. The molecule has 0 bridgehead atoms. The van der Waals surface area contributed by atoms with Crippen LogP contribution in [-0.2, 0) is 11.2 Å². The zero-order chi connectivity index (χ0) is 17.1. The van der Waals surface area contributed by atoms with Crippen molar-refractivity contribution in [1.29, 1.82) is 0 Å². The van der Waals surface area contributed by atoms with Crippen molar-refractivity contribution in [1.82, 2.24) is 4.98 Å². The van der Waals surface area contributed by atoms with Gasteiger partial charge in [0.05, 0.1) is 0 Å². The molecule has 0 saturated heterocycles. The number of carbonyl (C=O) groups excluding carboxylic acids is 1. The number of hydrogen-bond acceptors (Lipinski definition) is 3. The van der Waals surface area contributed by atoms with Crippen LogP contribution in [0.3, 0.4) is 0 Å². The maximum absolute atomic E-state index is 12.1. The molecule has 0 atom stereocenters. The molecule has 0 radical (unpaired) electrons. The fraction of sp³-hybridized carbons (Fsp3) is 0.0909. The Kier molecular flexibility index (Phi) is 4.13. The Morgan fingerprint density at radius 3 is 2.40 bits per heavy atom. The van der Waals surface area contributed by atoms with Crippen LogP contribution in [0.25, 0.3) is 21.5 Å². The van der Waals surface area contributed by atoms with Crippen molar-refractivity contribution in [2.75, 3.05) is 0 Å². The van der Waals surface area contributed by atoms with Crippen LogP contribution in [-0.4, -0.2) is 11.0 Å². The lowest BCUT2D eigenvalue weighted by molar-refractivity contribution is -0.134. The van der Waals surface area contributed by atoms with E-state index in [0.29, 0.717) is 18.6 Å². The zero-order valence-corrected chi connectivity index (χ0v) is 13.7. The van der Waals surface area contributed by atoms with Gasteiger partial charge in [-0.05, 0) is 57.8 Å². The quantitative estimate of drug-likeness (QED) is 0.303. The molecule has 3 aromatic carbocycles. The second-order valence-corrected chi connectivity index (χ2v) is 6.00. The molecule has 0 aliphatic carbocycles. The van der Waals surface area contributed by atoms with Crippen LogP contribution in [0.15, 0.2) is 79.1 Å². The lowest BCUT2D eigenvalue weighted by atomic mass is 10.0. The van der Waals surface area contributed by atoms with Crippen molar-refractivity contribution in [2.45, 2.75) is 12.8 Å². The number of benzene rings is 3. The molecule has 0 fully saturated rings. The molecule has 1 aromatic heterocycles. The van der Waals surface area contributed by atoms with Crippen molar-refractivity contribution >= 4 is 27.5 Å². The Labute approximate surface area is 145 Å². The number of nitrogens with zero attached hydrogens (tertiary/aromatic N) is 1. The molecule has 0 unspecified atom stereocenters. The van der Waals surface area contributed by atoms with E-state index in [1.807, 2.05) is 42.5 Å². The number of pyridine rings is 1. The number of rotatable bonds is 4. The number of fused-ring (bicyclic) bond motifs is 3. The second kappa shape index (κ2) is 6.73. The first-order valence-corrected chi connectivity index (χ1v) is 8.31. The lowest BCUT2D eigenvalue weighted by Crippen LogP contribution is -2.09. The summed E-state index contributed by atoms with van der Waals surface area (Å²) in [5.41, 5.74) is 1.08. The van der Waals surface area contributed by atoms with Crippen molar-refractivity contribution < 1.29 is 9.53 Å². The highest BCUT2D eigenvalue weighted by Gasteiger charge is 2.07.